The van der Waals surface area contributed by atoms with Gasteiger partial charge in [0.2, 0.25) is 0 Å². The summed E-state index contributed by atoms with van der Waals surface area (Å²) < 4.78 is 44.2. The Bertz CT molecular complexity index is 708. The standard InChI is InChI=1S/C14H13F3N2O3/c1-19-10(7-12(18-19)14(15,16)17)8-3-4-11(22-2)9(5-8)6-13(20)21/h3-5,7H,6H2,1-2H3,(H,20,21). The summed E-state index contributed by atoms with van der Waals surface area (Å²) in [7, 11) is 2.79. The molecule has 0 aliphatic rings. The number of halogens is 3. The van der Waals surface area contributed by atoms with Crippen molar-refractivity contribution in [1.82, 2.24) is 9.78 Å². The number of aryl methyl sites for hydroxylation is 1. The number of methoxy groups -OCH3 is 1. The van der Waals surface area contributed by atoms with Crippen LogP contribution in [0.1, 0.15) is 11.3 Å². The molecule has 0 aliphatic heterocycles. The molecule has 22 heavy (non-hydrogen) atoms. The van der Waals surface area contributed by atoms with Gasteiger partial charge in [-0.1, -0.05) is 0 Å². The summed E-state index contributed by atoms with van der Waals surface area (Å²) in [6, 6.07) is 5.49. The minimum atomic E-state index is -4.54. The van der Waals surface area contributed by atoms with Gasteiger partial charge < -0.3 is 9.84 Å². The van der Waals surface area contributed by atoms with Crippen LogP contribution in [0, 0.1) is 0 Å². The van der Waals surface area contributed by atoms with Crippen LogP contribution in [0.4, 0.5) is 13.2 Å². The van der Waals surface area contributed by atoms with Gasteiger partial charge in [0.15, 0.2) is 5.69 Å². The number of carboxylic acid groups (broad SMARTS) is 1. The van der Waals surface area contributed by atoms with E-state index in [1.165, 1.54) is 26.3 Å². The third kappa shape index (κ3) is 3.21. The Morgan fingerprint density at radius 1 is 1.36 bits per heavy atom. The highest BCUT2D eigenvalue weighted by molar-refractivity contribution is 5.73. The number of aromatic nitrogens is 2. The summed E-state index contributed by atoms with van der Waals surface area (Å²) in [5.74, 6) is -0.694. The quantitative estimate of drug-likeness (QED) is 0.942. The fourth-order valence-electron chi connectivity index (χ4n) is 2.11. The molecule has 118 valence electrons. The Morgan fingerprint density at radius 2 is 2.05 bits per heavy atom. The van der Waals surface area contributed by atoms with Gasteiger partial charge in [0.1, 0.15) is 5.75 Å². The minimum absolute atomic E-state index is 0.238. The smallest absolute Gasteiger partial charge is 0.435 e. The second-order valence-electron chi connectivity index (χ2n) is 4.63. The van der Waals surface area contributed by atoms with Crippen molar-refractivity contribution in [2.24, 2.45) is 7.05 Å². The number of carbonyl (C=O) groups is 1. The van der Waals surface area contributed by atoms with E-state index < -0.39 is 17.8 Å². The van der Waals surface area contributed by atoms with Crippen LogP contribution in [0.2, 0.25) is 0 Å². The van der Waals surface area contributed by atoms with E-state index in [1.807, 2.05) is 0 Å². The molecule has 1 heterocycles. The Kier molecular flexibility index (Phi) is 4.11. The van der Waals surface area contributed by atoms with E-state index in [4.69, 9.17) is 9.84 Å². The SMILES string of the molecule is COc1ccc(-c2cc(C(F)(F)F)nn2C)cc1CC(=O)O. The number of hydrogen-bond donors (Lipinski definition) is 1. The summed E-state index contributed by atoms with van der Waals surface area (Å²) in [5, 5.41) is 12.3. The van der Waals surface area contributed by atoms with Gasteiger partial charge in [-0.2, -0.15) is 18.3 Å². The normalized spacial score (nSPS) is 11.5. The Labute approximate surface area is 123 Å². The zero-order valence-electron chi connectivity index (χ0n) is 11.8. The number of hydrogen-bond acceptors (Lipinski definition) is 3. The molecule has 0 saturated carbocycles. The van der Waals surface area contributed by atoms with Crippen LogP contribution in [0.5, 0.6) is 5.75 Å². The van der Waals surface area contributed by atoms with Crippen LogP contribution < -0.4 is 4.74 Å². The van der Waals surface area contributed by atoms with Crippen molar-refractivity contribution < 1.29 is 27.8 Å². The van der Waals surface area contributed by atoms with E-state index >= 15 is 0 Å². The molecule has 2 rings (SSSR count). The van der Waals surface area contributed by atoms with Crippen LogP contribution >= 0.6 is 0 Å². The lowest BCUT2D eigenvalue weighted by Crippen LogP contribution is -2.06. The minimum Gasteiger partial charge on any atom is -0.496 e. The first-order chi connectivity index (χ1) is 10.2. The highest BCUT2D eigenvalue weighted by atomic mass is 19.4. The fraction of sp³-hybridized carbons (Fsp3) is 0.286. The van der Waals surface area contributed by atoms with Crippen molar-refractivity contribution in [3.63, 3.8) is 0 Å². The second kappa shape index (κ2) is 5.70. The number of aliphatic carboxylic acids is 1. The Morgan fingerprint density at radius 3 is 2.55 bits per heavy atom. The molecular formula is C14H13F3N2O3. The van der Waals surface area contributed by atoms with Crippen LogP contribution in [-0.2, 0) is 24.4 Å². The zero-order chi connectivity index (χ0) is 16.5. The molecule has 0 fully saturated rings. The van der Waals surface area contributed by atoms with Gasteiger partial charge in [0, 0.05) is 18.2 Å². The molecule has 0 radical (unpaired) electrons. The molecule has 0 aliphatic carbocycles. The van der Waals surface area contributed by atoms with Gasteiger partial charge in [-0.15, -0.1) is 0 Å². The van der Waals surface area contributed by atoms with E-state index in [0.717, 1.165) is 10.7 Å². The monoisotopic (exact) mass is 314 g/mol. The van der Waals surface area contributed by atoms with Gasteiger partial charge in [-0.3, -0.25) is 9.48 Å². The van der Waals surface area contributed by atoms with E-state index in [2.05, 4.69) is 5.10 Å². The van der Waals surface area contributed by atoms with Gasteiger partial charge >= 0.3 is 12.1 Å². The van der Waals surface area contributed by atoms with Crippen LogP contribution in [0.25, 0.3) is 11.3 Å². The maximum absolute atomic E-state index is 12.7. The van der Waals surface area contributed by atoms with Crippen molar-refractivity contribution in [1.29, 1.82) is 0 Å². The highest BCUT2D eigenvalue weighted by Crippen LogP contribution is 2.33. The van der Waals surface area contributed by atoms with Crippen molar-refractivity contribution >= 4 is 5.97 Å². The molecular weight excluding hydrogens is 301 g/mol. The molecule has 0 amide bonds. The lowest BCUT2D eigenvalue weighted by atomic mass is 10.0. The Balaban J connectivity index is 2.49. The average molecular weight is 314 g/mol. The molecule has 0 saturated heterocycles. The molecule has 5 nitrogen and oxygen atoms in total. The topological polar surface area (TPSA) is 64.4 Å². The van der Waals surface area contributed by atoms with Gasteiger partial charge in [-0.25, -0.2) is 0 Å². The first kappa shape index (κ1) is 15.9. The maximum atomic E-state index is 12.7. The third-order valence-corrected chi connectivity index (χ3v) is 3.09. The molecule has 2 aromatic rings. The zero-order valence-corrected chi connectivity index (χ0v) is 11.8. The van der Waals surface area contributed by atoms with Crippen molar-refractivity contribution in [3.05, 3.63) is 35.5 Å². The van der Waals surface area contributed by atoms with E-state index in [1.54, 1.807) is 6.07 Å². The number of carboxylic acids is 1. The number of rotatable bonds is 4. The first-order valence-corrected chi connectivity index (χ1v) is 6.22. The number of ether oxygens (including phenoxy) is 1. The summed E-state index contributed by atoms with van der Waals surface area (Å²) in [5.41, 5.74) is 0.0482. The molecule has 0 spiro atoms. The van der Waals surface area contributed by atoms with Crippen molar-refractivity contribution in [2.45, 2.75) is 12.6 Å². The average Bonchev–Trinajstić information content (AvgIpc) is 2.80. The summed E-state index contributed by atoms with van der Waals surface area (Å²) >= 11 is 0. The first-order valence-electron chi connectivity index (χ1n) is 6.22. The fourth-order valence-corrected chi connectivity index (χ4v) is 2.11. The van der Waals surface area contributed by atoms with Crippen LogP contribution in [-0.4, -0.2) is 28.0 Å². The molecule has 1 aromatic carbocycles. The third-order valence-electron chi connectivity index (χ3n) is 3.09. The molecule has 1 N–H and O–H groups in total. The summed E-state index contributed by atoms with van der Waals surface area (Å²) in [6.07, 6.45) is -4.83. The summed E-state index contributed by atoms with van der Waals surface area (Å²) in [6.45, 7) is 0. The largest absolute Gasteiger partial charge is 0.496 e. The maximum Gasteiger partial charge on any atom is 0.435 e. The lowest BCUT2D eigenvalue weighted by molar-refractivity contribution is -0.141. The van der Waals surface area contributed by atoms with Crippen LogP contribution in [0.15, 0.2) is 24.3 Å². The van der Waals surface area contributed by atoms with Crippen molar-refractivity contribution in [3.8, 4) is 17.0 Å². The van der Waals surface area contributed by atoms with E-state index in [9.17, 15) is 18.0 Å². The molecule has 0 unspecified atom stereocenters. The molecule has 0 atom stereocenters. The van der Waals surface area contributed by atoms with E-state index in [0.29, 0.717) is 16.9 Å². The summed E-state index contributed by atoms with van der Waals surface area (Å²) in [4.78, 5) is 10.9. The van der Waals surface area contributed by atoms with Gasteiger partial charge in [0.05, 0.1) is 19.2 Å². The van der Waals surface area contributed by atoms with E-state index in [-0.39, 0.29) is 12.1 Å². The molecule has 0 bridgehead atoms. The number of benzene rings is 1. The molecule has 8 heteroatoms. The van der Waals surface area contributed by atoms with Gasteiger partial charge in [-0.05, 0) is 24.3 Å². The van der Waals surface area contributed by atoms with Gasteiger partial charge in [0.25, 0.3) is 0 Å². The Hall–Kier alpha value is -2.51. The van der Waals surface area contributed by atoms with Crippen LogP contribution in [0.3, 0.4) is 0 Å². The number of nitrogens with zero attached hydrogens (tertiary/aromatic N) is 2. The molecule has 1 aromatic heterocycles. The predicted molar refractivity (Wildman–Crippen MR) is 71.5 cm³/mol. The highest BCUT2D eigenvalue weighted by Gasteiger charge is 2.34. The lowest BCUT2D eigenvalue weighted by Gasteiger charge is -2.09. The van der Waals surface area contributed by atoms with Crippen molar-refractivity contribution in [2.75, 3.05) is 7.11 Å². The number of alkyl halides is 3. The second-order valence-corrected chi connectivity index (χ2v) is 4.63. The predicted octanol–water partition coefficient (Wildman–Crippen LogP) is 2.74.